The summed E-state index contributed by atoms with van der Waals surface area (Å²) in [6.07, 6.45) is -0.749. The lowest BCUT2D eigenvalue weighted by atomic mass is 10.4. The van der Waals surface area contributed by atoms with E-state index in [-0.39, 0.29) is 5.94 Å². The predicted octanol–water partition coefficient (Wildman–Crippen LogP) is 3.47. The molecule has 0 aliphatic rings. The molecule has 3 nitrogen and oxygen atoms in total. The number of alkyl halides is 1. The molecule has 1 atom stereocenters. The van der Waals surface area contributed by atoms with Crippen LogP contribution in [-0.2, 0) is 9.47 Å². The van der Waals surface area contributed by atoms with Crippen LogP contribution in [0.4, 0.5) is 4.79 Å². The Morgan fingerprint density at radius 3 is 2.73 bits per heavy atom. The van der Waals surface area contributed by atoms with E-state index in [1.54, 1.807) is 6.92 Å². The van der Waals surface area contributed by atoms with Crippen LogP contribution in [-0.4, -0.2) is 17.7 Å². The maximum Gasteiger partial charge on any atom is 0.510 e. The van der Waals surface area contributed by atoms with Gasteiger partial charge in [0, 0.05) is 4.90 Å². The van der Waals surface area contributed by atoms with E-state index >= 15 is 0 Å². The maximum absolute atomic E-state index is 10.9. The number of benzene rings is 1. The van der Waals surface area contributed by atoms with Crippen molar-refractivity contribution in [2.75, 3.05) is 5.94 Å². The number of thioether (sulfide) groups is 1. The van der Waals surface area contributed by atoms with Crippen LogP contribution < -0.4 is 0 Å². The van der Waals surface area contributed by atoms with Gasteiger partial charge in [-0.3, -0.25) is 0 Å². The lowest BCUT2D eigenvalue weighted by Gasteiger charge is -2.06. The van der Waals surface area contributed by atoms with Crippen molar-refractivity contribution in [3.63, 3.8) is 0 Å². The summed E-state index contributed by atoms with van der Waals surface area (Å²) in [5, 5.41) is 0. The summed E-state index contributed by atoms with van der Waals surface area (Å²) in [5.74, 6) is 0.215. The third-order valence-corrected chi connectivity index (χ3v) is 2.33. The quantitative estimate of drug-likeness (QED) is 0.353. The van der Waals surface area contributed by atoms with Crippen molar-refractivity contribution in [3.8, 4) is 0 Å². The van der Waals surface area contributed by atoms with Crippen molar-refractivity contribution in [1.82, 2.24) is 0 Å². The van der Waals surface area contributed by atoms with Gasteiger partial charge in [0.25, 0.3) is 0 Å². The summed E-state index contributed by atoms with van der Waals surface area (Å²) < 4.78 is 9.35. The Morgan fingerprint density at radius 2 is 2.13 bits per heavy atom. The summed E-state index contributed by atoms with van der Waals surface area (Å²) in [5.41, 5.74) is -0.667. The second kappa shape index (κ2) is 6.58. The average Bonchev–Trinajstić information content (AvgIpc) is 2.18. The van der Waals surface area contributed by atoms with E-state index in [1.807, 2.05) is 30.3 Å². The van der Waals surface area contributed by atoms with Crippen LogP contribution in [0, 0.1) is 0 Å². The largest absolute Gasteiger partial charge is 0.510 e. The Morgan fingerprint density at radius 1 is 1.47 bits per heavy atom. The maximum atomic E-state index is 10.9. The summed E-state index contributed by atoms with van der Waals surface area (Å²) >= 11 is 6.85. The highest BCUT2D eigenvalue weighted by atomic mass is 35.5. The zero-order chi connectivity index (χ0) is 11.1. The van der Waals surface area contributed by atoms with Crippen molar-refractivity contribution >= 4 is 29.5 Å². The van der Waals surface area contributed by atoms with Crippen LogP contribution in [0.3, 0.4) is 0 Å². The van der Waals surface area contributed by atoms with Crippen molar-refractivity contribution < 1.29 is 14.3 Å². The predicted molar refractivity (Wildman–Crippen MR) is 60.0 cm³/mol. The molecule has 1 aromatic carbocycles. The molecule has 0 radical (unpaired) electrons. The molecule has 15 heavy (non-hydrogen) atoms. The molecule has 1 aromatic rings. The Bertz CT molecular complexity index is 303. The van der Waals surface area contributed by atoms with E-state index < -0.39 is 11.7 Å². The Hall–Kier alpha value is -0.870. The van der Waals surface area contributed by atoms with E-state index in [0.29, 0.717) is 0 Å². The Balaban J connectivity index is 2.19. The second-order valence-corrected chi connectivity index (χ2v) is 4.24. The molecule has 0 aromatic heterocycles. The monoisotopic (exact) mass is 246 g/mol. The van der Waals surface area contributed by atoms with E-state index in [0.717, 1.165) is 4.90 Å². The molecule has 0 heterocycles. The third-order valence-electron chi connectivity index (χ3n) is 1.40. The number of carbonyl (C=O) groups excluding carboxylic acids is 1. The number of halogens is 1. The minimum Gasteiger partial charge on any atom is -0.423 e. The van der Waals surface area contributed by atoms with E-state index in [1.165, 1.54) is 11.8 Å². The molecule has 0 saturated heterocycles. The molecule has 0 bridgehead atoms. The molecule has 0 N–H and O–H groups in total. The van der Waals surface area contributed by atoms with Gasteiger partial charge in [0.2, 0.25) is 0 Å². The summed E-state index contributed by atoms with van der Waals surface area (Å²) in [6.45, 7) is 1.55. The van der Waals surface area contributed by atoms with Gasteiger partial charge in [-0.15, -0.1) is 0 Å². The smallest absolute Gasteiger partial charge is 0.423 e. The fourth-order valence-corrected chi connectivity index (χ4v) is 1.54. The summed E-state index contributed by atoms with van der Waals surface area (Å²) in [6, 6.07) is 9.63. The lowest BCUT2D eigenvalue weighted by molar-refractivity contribution is 0.0627. The standard InChI is InChI=1S/C10H11ClO3S/c1-8(11)14-10(12)13-7-15-9-5-3-2-4-6-9/h2-6,8H,7H2,1H3/t8-/m1/s1. The molecule has 82 valence electrons. The highest BCUT2D eigenvalue weighted by molar-refractivity contribution is 7.99. The van der Waals surface area contributed by atoms with Crippen LogP contribution in [0.2, 0.25) is 0 Å². The van der Waals surface area contributed by atoms with Crippen molar-refractivity contribution in [2.45, 2.75) is 17.4 Å². The van der Waals surface area contributed by atoms with Gasteiger partial charge < -0.3 is 9.47 Å². The van der Waals surface area contributed by atoms with Gasteiger partial charge in [-0.25, -0.2) is 4.79 Å². The van der Waals surface area contributed by atoms with Crippen molar-refractivity contribution in [3.05, 3.63) is 30.3 Å². The zero-order valence-electron chi connectivity index (χ0n) is 8.18. The SMILES string of the molecule is C[C@H](Cl)OC(=O)OCSc1ccccc1. The Labute approximate surface area is 97.7 Å². The molecule has 1 rings (SSSR count). The third kappa shape index (κ3) is 5.54. The number of carbonyl (C=O) groups is 1. The van der Waals surface area contributed by atoms with Crippen LogP contribution in [0.1, 0.15) is 6.92 Å². The molecule has 0 aliphatic carbocycles. The molecular formula is C10H11ClO3S. The first-order valence-electron chi connectivity index (χ1n) is 4.34. The van der Waals surface area contributed by atoms with E-state index in [9.17, 15) is 4.79 Å². The average molecular weight is 247 g/mol. The van der Waals surface area contributed by atoms with Crippen LogP contribution in [0.15, 0.2) is 35.2 Å². The molecule has 0 unspecified atom stereocenters. The first kappa shape index (κ1) is 12.2. The van der Waals surface area contributed by atoms with Gasteiger partial charge >= 0.3 is 6.16 Å². The number of hydrogen-bond donors (Lipinski definition) is 0. The number of ether oxygens (including phenoxy) is 2. The fourth-order valence-electron chi connectivity index (χ4n) is 0.829. The highest BCUT2D eigenvalue weighted by Gasteiger charge is 2.07. The zero-order valence-corrected chi connectivity index (χ0v) is 9.75. The summed E-state index contributed by atoms with van der Waals surface area (Å²) in [4.78, 5) is 11.9. The lowest BCUT2D eigenvalue weighted by Crippen LogP contribution is -2.10. The van der Waals surface area contributed by atoms with Crippen molar-refractivity contribution in [1.29, 1.82) is 0 Å². The van der Waals surface area contributed by atoms with Crippen LogP contribution in [0.25, 0.3) is 0 Å². The van der Waals surface area contributed by atoms with Gasteiger partial charge in [-0.1, -0.05) is 41.6 Å². The van der Waals surface area contributed by atoms with E-state index in [2.05, 4.69) is 4.74 Å². The molecule has 0 spiro atoms. The highest BCUT2D eigenvalue weighted by Crippen LogP contribution is 2.17. The molecule has 0 fully saturated rings. The van der Waals surface area contributed by atoms with E-state index in [4.69, 9.17) is 16.3 Å². The topological polar surface area (TPSA) is 35.5 Å². The van der Waals surface area contributed by atoms with Gasteiger partial charge in [0.05, 0.1) is 0 Å². The minimum atomic E-state index is -0.749. The summed E-state index contributed by atoms with van der Waals surface area (Å²) in [7, 11) is 0. The molecule has 0 amide bonds. The van der Waals surface area contributed by atoms with Crippen LogP contribution in [0.5, 0.6) is 0 Å². The Kier molecular flexibility index (Phi) is 5.36. The van der Waals surface area contributed by atoms with Gasteiger partial charge in [-0.2, -0.15) is 0 Å². The van der Waals surface area contributed by atoms with Gasteiger partial charge in [0.15, 0.2) is 5.56 Å². The molecular weight excluding hydrogens is 236 g/mol. The van der Waals surface area contributed by atoms with Crippen LogP contribution >= 0.6 is 23.4 Å². The first-order valence-corrected chi connectivity index (χ1v) is 5.76. The molecule has 0 aliphatic heterocycles. The first-order chi connectivity index (χ1) is 7.18. The van der Waals surface area contributed by atoms with Gasteiger partial charge in [-0.05, 0) is 19.1 Å². The molecule has 5 heteroatoms. The molecule has 0 saturated carbocycles. The second-order valence-electron chi connectivity index (χ2n) is 2.63. The number of rotatable bonds is 4. The van der Waals surface area contributed by atoms with Gasteiger partial charge in [0.1, 0.15) is 5.94 Å². The minimum absolute atomic E-state index is 0.215. The van der Waals surface area contributed by atoms with Crippen molar-refractivity contribution in [2.24, 2.45) is 0 Å². The normalized spacial score (nSPS) is 11.9. The number of hydrogen-bond acceptors (Lipinski definition) is 4. The fraction of sp³-hybridized carbons (Fsp3) is 0.300.